The number of thioether (sulfide) groups is 1. The standard InChI is InChI=1S/C15H21NO3S/c1-12(2)8-9-20-11-14(17)16(10-15(18)19)13-6-4-3-5-7-13/h3-7,12H,8-11H2,1-2H3,(H,18,19). The molecule has 0 radical (unpaired) electrons. The topological polar surface area (TPSA) is 57.6 Å². The fraction of sp³-hybridized carbons (Fsp3) is 0.467. The van der Waals surface area contributed by atoms with Crippen molar-refractivity contribution in [1.29, 1.82) is 0 Å². The number of anilines is 1. The van der Waals surface area contributed by atoms with Crippen LogP contribution < -0.4 is 4.90 Å². The number of carbonyl (C=O) groups excluding carboxylic acids is 1. The number of aliphatic carboxylic acids is 1. The molecule has 4 nitrogen and oxygen atoms in total. The molecule has 1 N–H and O–H groups in total. The number of rotatable bonds is 8. The van der Waals surface area contributed by atoms with Gasteiger partial charge in [-0.25, -0.2) is 0 Å². The average molecular weight is 295 g/mol. The highest BCUT2D eigenvalue weighted by Gasteiger charge is 2.18. The van der Waals surface area contributed by atoms with Crippen LogP contribution in [-0.4, -0.2) is 35.0 Å². The molecule has 0 saturated carbocycles. The average Bonchev–Trinajstić information content (AvgIpc) is 2.41. The third-order valence-electron chi connectivity index (χ3n) is 2.73. The van der Waals surface area contributed by atoms with E-state index in [1.54, 1.807) is 36.0 Å². The molecular weight excluding hydrogens is 274 g/mol. The van der Waals surface area contributed by atoms with E-state index in [9.17, 15) is 9.59 Å². The van der Waals surface area contributed by atoms with Crippen LogP contribution >= 0.6 is 11.8 Å². The first-order chi connectivity index (χ1) is 9.50. The van der Waals surface area contributed by atoms with Gasteiger partial charge in [0, 0.05) is 5.69 Å². The van der Waals surface area contributed by atoms with Gasteiger partial charge in [-0.05, 0) is 30.2 Å². The lowest BCUT2D eigenvalue weighted by molar-refractivity contribution is -0.136. The van der Waals surface area contributed by atoms with Crippen LogP contribution in [0.2, 0.25) is 0 Å². The third kappa shape index (κ3) is 6.10. The number of amides is 1. The molecule has 0 saturated heterocycles. The van der Waals surface area contributed by atoms with Gasteiger partial charge in [-0.1, -0.05) is 32.0 Å². The van der Waals surface area contributed by atoms with Crippen molar-refractivity contribution >= 4 is 29.3 Å². The van der Waals surface area contributed by atoms with Crippen molar-refractivity contribution in [2.75, 3.05) is 23.0 Å². The third-order valence-corrected chi connectivity index (χ3v) is 3.70. The van der Waals surface area contributed by atoms with E-state index in [0.717, 1.165) is 12.2 Å². The Morgan fingerprint density at radius 2 is 1.90 bits per heavy atom. The summed E-state index contributed by atoms with van der Waals surface area (Å²) in [6, 6.07) is 8.93. The number of para-hydroxylation sites is 1. The van der Waals surface area contributed by atoms with Gasteiger partial charge in [0.15, 0.2) is 0 Å². The maximum absolute atomic E-state index is 12.2. The van der Waals surface area contributed by atoms with Crippen molar-refractivity contribution in [2.45, 2.75) is 20.3 Å². The lowest BCUT2D eigenvalue weighted by Crippen LogP contribution is -2.37. The van der Waals surface area contributed by atoms with Gasteiger partial charge in [0.05, 0.1) is 5.75 Å². The summed E-state index contributed by atoms with van der Waals surface area (Å²) < 4.78 is 0. The first-order valence-electron chi connectivity index (χ1n) is 6.65. The molecule has 0 heterocycles. The highest BCUT2D eigenvalue weighted by Crippen LogP contribution is 2.16. The second-order valence-corrected chi connectivity index (χ2v) is 6.05. The Labute approximate surface area is 124 Å². The Balaban J connectivity index is 2.59. The van der Waals surface area contributed by atoms with E-state index >= 15 is 0 Å². The van der Waals surface area contributed by atoms with Crippen LogP contribution in [-0.2, 0) is 9.59 Å². The van der Waals surface area contributed by atoms with Crippen molar-refractivity contribution in [2.24, 2.45) is 5.92 Å². The molecule has 0 aromatic heterocycles. The molecule has 0 aliphatic heterocycles. The monoisotopic (exact) mass is 295 g/mol. The molecule has 110 valence electrons. The molecule has 0 bridgehead atoms. The number of carboxylic acids is 1. The molecule has 5 heteroatoms. The molecule has 0 unspecified atom stereocenters. The van der Waals surface area contributed by atoms with Crippen LogP contribution in [0.15, 0.2) is 30.3 Å². The second kappa shape index (κ2) is 8.64. The Kier molecular flexibility index (Phi) is 7.15. The van der Waals surface area contributed by atoms with E-state index < -0.39 is 5.97 Å². The van der Waals surface area contributed by atoms with Gasteiger partial charge in [0.25, 0.3) is 0 Å². The lowest BCUT2D eigenvalue weighted by Gasteiger charge is -2.20. The van der Waals surface area contributed by atoms with Crippen LogP contribution in [0, 0.1) is 5.92 Å². The van der Waals surface area contributed by atoms with E-state index in [2.05, 4.69) is 13.8 Å². The fourth-order valence-corrected chi connectivity index (χ4v) is 2.74. The number of carboxylic acid groups (broad SMARTS) is 1. The van der Waals surface area contributed by atoms with Crippen molar-refractivity contribution in [3.05, 3.63) is 30.3 Å². The summed E-state index contributed by atoms with van der Waals surface area (Å²) in [5.41, 5.74) is 0.629. The number of hydrogen-bond acceptors (Lipinski definition) is 3. The molecule has 1 rings (SSSR count). The minimum Gasteiger partial charge on any atom is -0.480 e. The summed E-state index contributed by atoms with van der Waals surface area (Å²) in [6.45, 7) is 3.99. The van der Waals surface area contributed by atoms with Crippen molar-refractivity contribution in [3.63, 3.8) is 0 Å². The van der Waals surface area contributed by atoms with E-state index in [1.165, 1.54) is 4.90 Å². The van der Waals surface area contributed by atoms with Crippen molar-refractivity contribution in [3.8, 4) is 0 Å². The maximum atomic E-state index is 12.2. The van der Waals surface area contributed by atoms with Gasteiger partial charge in [-0.15, -0.1) is 0 Å². The highest BCUT2D eigenvalue weighted by atomic mass is 32.2. The molecule has 0 aliphatic carbocycles. The van der Waals surface area contributed by atoms with Crippen LogP contribution in [0.3, 0.4) is 0 Å². The predicted octanol–water partition coefficient (Wildman–Crippen LogP) is 2.88. The molecular formula is C15H21NO3S. The normalized spacial score (nSPS) is 10.6. The largest absolute Gasteiger partial charge is 0.480 e. The van der Waals surface area contributed by atoms with Crippen LogP contribution in [0.25, 0.3) is 0 Å². The van der Waals surface area contributed by atoms with Crippen LogP contribution in [0.5, 0.6) is 0 Å². The molecule has 0 atom stereocenters. The smallest absolute Gasteiger partial charge is 0.323 e. The van der Waals surface area contributed by atoms with Crippen molar-refractivity contribution < 1.29 is 14.7 Å². The van der Waals surface area contributed by atoms with E-state index in [4.69, 9.17) is 5.11 Å². The molecule has 1 amide bonds. The first kappa shape index (κ1) is 16.6. The Morgan fingerprint density at radius 1 is 1.25 bits per heavy atom. The number of hydrogen-bond donors (Lipinski definition) is 1. The zero-order valence-corrected chi connectivity index (χ0v) is 12.7. The van der Waals surface area contributed by atoms with Gasteiger partial charge in [0.1, 0.15) is 6.54 Å². The zero-order chi connectivity index (χ0) is 15.0. The predicted molar refractivity (Wildman–Crippen MR) is 83.2 cm³/mol. The molecule has 20 heavy (non-hydrogen) atoms. The highest BCUT2D eigenvalue weighted by molar-refractivity contribution is 7.99. The summed E-state index contributed by atoms with van der Waals surface area (Å²) in [5.74, 6) is 0.678. The zero-order valence-electron chi connectivity index (χ0n) is 11.9. The second-order valence-electron chi connectivity index (χ2n) is 4.94. The minimum atomic E-state index is -1.01. The van der Waals surface area contributed by atoms with E-state index in [-0.39, 0.29) is 12.5 Å². The van der Waals surface area contributed by atoms with Gasteiger partial charge in [-0.3, -0.25) is 9.59 Å². The van der Waals surface area contributed by atoms with E-state index in [0.29, 0.717) is 17.4 Å². The van der Waals surface area contributed by atoms with Crippen molar-refractivity contribution in [1.82, 2.24) is 0 Å². The van der Waals surface area contributed by atoms with Gasteiger partial charge in [-0.2, -0.15) is 11.8 Å². The summed E-state index contributed by atoms with van der Waals surface area (Å²) in [5, 5.41) is 8.94. The number of benzene rings is 1. The number of nitrogens with zero attached hydrogens (tertiary/aromatic N) is 1. The molecule has 0 aliphatic rings. The molecule has 1 aromatic rings. The summed E-state index contributed by atoms with van der Waals surface area (Å²) in [6.07, 6.45) is 1.06. The molecule has 1 aromatic carbocycles. The Hall–Kier alpha value is -1.49. The first-order valence-corrected chi connectivity index (χ1v) is 7.81. The Morgan fingerprint density at radius 3 is 2.45 bits per heavy atom. The molecule has 0 spiro atoms. The van der Waals surface area contributed by atoms with Crippen LogP contribution in [0.1, 0.15) is 20.3 Å². The summed E-state index contributed by atoms with van der Waals surface area (Å²) in [4.78, 5) is 24.4. The van der Waals surface area contributed by atoms with Crippen LogP contribution in [0.4, 0.5) is 5.69 Å². The lowest BCUT2D eigenvalue weighted by atomic mass is 10.2. The quantitative estimate of drug-likeness (QED) is 0.749. The summed E-state index contributed by atoms with van der Waals surface area (Å²) in [7, 11) is 0. The number of carbonyl (C=O) groups is 2. The minimum absolute atomic E-state index is 0.160. The summed E-state index contributed by atoms with van der Waals surface area (Å²) >= 11 is 1.56. The maximum Gasteiger partial charge on any atom is 0.323 e. The van der Waals surface area contributed by atoms with Gasteiger partial charge in [0.2, 0.25) is 5.91 Å². The van der Waals surface area contributed by atoms with E-state index in [1.807, 2.05) is 6.07 Å². The molecule has 0 fully saturated rings. The Bertz CT molecular complexity index is 434. The fourth-order valence-electron chi connectivity index (χ4n) is 1.62. The van der Waals surface area contributed by atoms with Gasteiger partial charge < -0.3 is 10.0 Å². The van der Waals surface area contributed by atoms with Gasteiger partial charge >= 0.3 is 5.97 Å². The SMILES string of the molecule is CC(C)CCSCC(=O)N(CC(=O)O)c1ccccc1.